The second kappa shape index (κ2) is 2.23. The van der Waals surface area contributed by atoms with Crippen LogP contribution in [0.3, 0.4) is 0 Å². The van der Waals surface area contributed by atoms with Crippen LogP contribution in [0.1, 0.15) is 17.3 Å². The van der Waals surface area contributed by atoms with E-state index in [1.807, 2.05) is 6.07 Å². The van der Waals surface area contributed by atoms with Crippen LogP contribution in [-0.4, -0.2) is 10.8 Å². The van der Waals surface area contributed by atoms with Crippen molar-refractivity contribution in [1.82, 2.24) is 0 Å². The standard InChI is InChI=1S/C9H7ClO2/c1-9(10)8(11)6-4-2-3-5-7(6)12-9/h2-5H,1H3. The molecule has 12 heavy (non-hydrogen) atoms. The van der Waals surface area contributed by atoms with E-state index in [0.29, 0.717) is 11.3 Å². The number of halogens is 1. The zero-order valence-electron chi connectivity index (χ0n) is 6.50. The number of carbonyl (C=O) groups is 1. The van der Waals surface area contributed by atoms with Gasteiger partial charge in [0, 0.05) is 0 Å². The van der Waals surface area contributed by atoms with E-state index in [2.05, 4.69) is 0 Å². The molecule has 0 aliphatic carbocycles. The average molecular weight is 183 g/mol. The summed E-state index contributed by atoms with van der Waals surface area (Å²) in [6.45, 7) is 1.55. The molecule has 1 aliphatic heterocycles. The molecule has 0 saturated heterocycles. The van der Waals surface area contributed by atoms with Gasteiger partial charge in [-0.1, -0.05) is 23.7 Å². The fraction of sp³-hybridized carbons (Fsp3) is 0.222. The van der Waals surface area contributed by atoms with E-state index in [1.165, 1.54) is 0 Å². The Morgan fingerprint density at radius 1 is 1.42 bits per heavy atom. The predicted octanol–water partition coefficient (Wildman–Crippen LogP) is 2.22. The molecule has 1 unspecified atom stereocenters. The molecule has 0 fully saturated rings. The number of benzene rings is 1. The summed E-state index contributed by atoms with van der Waals surface area (Å²) in [5.74, 6) is 0.403. The number of Topliss-reactive ketones (excluding diaryl/α,β-unsaturated/α-hetero) is 1. The lowest BCUT2D eigenvalue weighted by Crippen LogP contribution is -2.28. The van der Waals surface area contributed by atoms with Crippen molar-refractivity contribution in [3.8, 4) is 5.75 Å². The summed E-state index contributed by atoms with van der Waals surface area (Å²) >= 11 is 5.81. The molecule has 0 amide bonds. The lowest BCUT2D eigenvalue weighted by Gasteiger charge is -2.11. The highest BCUT2D eigenvalue weighted by molar-refractivity contribution is 6.38. The largest absolute Gasteiger partial charge is 0.464 e. The second-order valence-electron chi connectivity index (χ2n) is 2.84. The number of carbonyl (C=O) groups excluding carboxylic acids is 1. The molecule has 1 atom stereocenters. The first-order chi connectivity index (χ1) is 5.61. The van der Waals surface area contributed by atoms with Gasteiger partial charge in [0.2, 0.25) is 10.8 Å². The fourth-order valence-corrected chi connectivity index (χ4v) is 1.42. The summed E-state index contributed by atoms with van der Waals surface area (Å²) in [4.78, 5) is 11.5. The van der Waals surface area contributed by atoms with Crippen LogP contribution in [0.2, 0.25) is 0 Å². The Morgan fingerprint density at radius 2 is 2.08 bits per heavy atom. The summed E-state index contributed by atoms with van der Waals surface area (Å²) in [6, 6.07) is 7.05. The molecule has 62 valence electrons. The number of rotatable bonds is 0. The minimum atomic E-state index is -1.20. The monoisotopic (exact) mass is 182 g/mol. The van der Waals surface area contributed by atoms with Crippen molar-refractivity contribution in [2.24, 2.45) is 0 Å². The Hall–Kier alpha value is -1.02. The quantitative estimate of drug-likeness (QED) is 0.575. The molecular weight excluding hydrogens is 176 g/mol. The van der Waals surface area contributed by atoms with Crippen molar-refractivity contribution >= 4 is 17.4 Å². The highest BCUT2D eigenvalue weighted by atomic mass is 35.5. The van der Waals surface area contributed by atoms with E-state index in [1.54, 1.807) is 25.1 Å². The third-order valence-electron chi connectivity index (χ3n) is 1.84. The maximum Gasteiger partial charge on any atom is 0.242 e. The number of alkyl halides is 1. The van der Waals surface area contributed by atoms with Gasteiger partial charge >= 0.3 is 0 Å². The van der Waals surface area contributed by atoms with Gasteiger partial charge in [0.1, 0.15) is 5.75 Å². The smallest absolute Gasteiger partial charge is 0.242 e. The van der Waals surface area contributed by atoms with E-state index in [9.17, 15) is 4.79 Å². The lowest BCUT2D eigenvalue weighted by molar-refractivity contribution is 0.0819. The topological polar surface area (TPSA) is 26.3 Å². The highest BCUT2D eigenvalue weighted by Gasteiger charge is 2.41. The van der Waals surface area contributed by atoms with Crippen molar-refractivity contribution in [3.63, 3.8) is 0 Å². The summed E-state index contributed by atoms with van der Waals surface area (Å²) in [6.07, 6.45) is 0. The van der Waals surface area contributed by atoms with Gasteiger partial charge in [-0.25, -0.2) is 0 Å². The van der Waals surface area contributed by atoms with E-state index < -0.39 is 5.06 Å². The first-order valence-electron chi connectivity index (χ1n) is 3.63. The Bertz CT molecular complexity index is 344. The van der Waals surface area contributed by atoms with E-state index in [0.717, 1.165) is 0 Å². The van der Waals surface area contributed by atoms with Crippen molar-refractivity contribution in [3.05, 3.63) is 29.8 Å². The zero-order valence-corrected chi connectivity index (χ0v) is 7.26. The summed E-state index contributed by atoms with van der Waals surface area (Å²) < 4.78 is 5.22. The molecule has 0 aromatic heterocycles. The highest BCUT2D eigenvalue weighted by Crippen LogP contribution is 2.36. The normalized spacial score (nSPS) is 26.7. The third kappa shape index (κ3) is 0.916. The fourth-order valence-electron chi connectivity index (χ4n) is 1.24. The Kier molecular flexibility index (Phi) is 1.42. The van der Waals surface area contributed by atoms with Crippen LogP contribution in [0.5, 0.6) is 5.75 Å². The number of fused-ring (bicyclic) bond motifs is 1. The second-order valence-corrected chi connectivity index (χ2v) is 3.57. The van der Waals surface area contributed by atoms with Gasteiger partial charge in [0.15, 0.2) is 0 Å². The van der Waals surface area contributed by atoms with Gasteiger partial charge in [-0.2, -0.15) is 0 Å². The van der Waals surface area contributed by atoms with Gasteiger partial charge in [-0.3, -0.25) is 4.79 Å². The van der Waals surface area contributed by atoms with Crippen molar-refractivity contribution in [2.45, 2.75) is 12.0 Å². The van der Waals surface area contributed by atoms with Gasteiger partial charge < -0.3 is 4.74 Å². The zero-order chi connectivity index (χ0) is 8.77. The maximum atomic E-state index is 11.5. The molecule has 1 aliphatic rings. The molecule has 1 heterocycles. The Morgan fingerprint density at radius 3 is 2.75 bits per heavy atom. The van der Waals surface area contributed by atoms with Crippen LogP contribution in [0.25, 0.3) is 0 Å². The Labute approximate surface area is 75.1 Å². The third-order valence-corrected chi connectivity index (χ3v) is 2.09. The predicted molar refractivity (Wildman–Crippen MR) is 45.7 cm³/mol. The lowest BCUT2D eigenvalue weighted by atomic mass is 10.1. The molecule has 3 heteroatoms. The number of hydrogen-bond acceptors (Lipinski definition) is 2. The van der Waals surface area contributed by atoms with Crippen LogP contribution >= 0.6 is 11.6 Å². The molecular formula is C9H7ClO2. The number of ketones is 1. The number of para-hydroxylation sites is 1. The minimum absolute atomic E-state index is 0.167. The van der Waals surface area contributed by atoms with Gasteiger partial charge in [0.05, 0.1) is 5.56 Å². The van der Waals surface area contributed by atoms with Crippen molar-refractivity contribution in [2.75, 3.05) is 0 Å². The van der Waals surface area contributed by atoms with Crippen LogP contribution < -0.4 is 4.74 Å². The first-order valence-corrected chi connectivity index (χ1v) is 4.01. The Balaban J connectivity index is 2.57. The van der Waals surface area contributed by atoms with E-state index in [-0.39, 0.29) is 5.78 Å². The molecule has 0 N–H and O–H groups in total. The van der Waals surface area contributed by atoms with Gasteiger partial charge in [-0.05, 0) is 19.1 Å². The number of ether oxygens (including phenoxy) is 1. The minimum Gasteiger partial charge on any atom is -0.464 e. The molecule has 0 bridgehead atoms. The molecule has 2 nitrogen and oxygen atoms in total. The molecule has 0 radical (unpaired) electrons. The maximum absolute atomic E-state index is 11.5. The van der Waals surface area contributed by atoms with Crippen LogP contribution in [0.15, 0.2) is 24.3 Å². The molecule has 0 spiro atoms. The van der Waals surface area contributed by atoms with Crippen LogP contribution in [0, 0.1) is 0 Å². The van der Waals surface area contributed by atoms with Crippen LogP contribution in [-0.2, 0) is 0 Å². The summed E-state index contributed by atoms with van der Waals surface area (Å²) in [5, 5.41) is -1.20. The first kappa shape index (κ1) is 7.62. The van der Waals surface area contributed by atoms with Gasteiger partial charge in [0.25, 0.3) is 0 Å². The molecule has 0 saturated carbocycles. The molecule has 1 aromatic carbocycles. The summed E-state index contributed by atoms with van der Waals surface area (Å²) in [7, 11) is 0. The SMILES string of the molecule is CC1(Cl)Oc2ccccc2C1=O. The van der Waals surface area contributed by atoms with Crippen molar-refractivity contribution < 1.29 is 9.53 Å². The van der Waals surface area contributed by atoms with E-state index >= 15 is 0 Å². The average Bonchev–Trinajstić information content (AvgIpc) is 2.24. The van der Waals surface area contributed by atoms with E-state index in [4.69, 9.17) is 16.3 Å². The van der Waals surface area contributed by atoms with Crippen molar-refractivity contribution in [1.29, 1.82) is 0 Å². The molecule has 1 aromatic rings. The summed E-state index contributed by atoms with van der Waals surface area (Å²) in [5.41, 5.74) is 0.565. The number of hydrogen-bond donors (Lipinski definition) is 0. The molecule has 2 rings (SSSR count). The van der Waals surface area contributed by atoms with Crippen LogP contribution in [0.4, 0.5) is 0 Å². The van der Waals surface area contributed by atoms with Gasteiger partial charge in [-0.15, -0.1) is 0 Å².